The average Bonchev–Trinajstić information content (AvgIpc) is 3.20. The van der Waals surface area contributed by atoms with Crippen molar-refractivity contribution < 1.29 is 9.18 Å². The lowest BCUT2D eigenvalue weighted by molar-refractivity contribution is 0.0948. The van der Waals surface area contributed by atoms with Crippen LogP contribution >= 0.6 is 11.3 Å². The van der Waals surface area contributed by atoms with Crippen molar-refractivity contribution in [2.75, 3.05) is 6.54 Å². The Morgan fingerprint density at radius 3 is 2.92 bits per heavy atom. The van der Waals surface area contributed by atoms with Gasteiger partial charge in [0, 0.05) is 31.0 Å². The molecule has 1 N–H and O–H groups in total. The Hall–Kier alpha value is -2.54. The molecular weight excluding hydrogens is 327 g/mol. The second-order valence-corrected chi connectivity index (χ2v) is 6.21. The zero-order valence-corrected chi connectivity index (χ0v) is 14.2. The molecule has 0 fully saturated rings. The number of nitrogens with zero attached hydrogens (tertiary/aromatic N) is 3. The van der Waals surface area contributed by atoms with Crippen molar-refractivity contribution in [3.8, 4) is 11.3 Å². The van der Waals surface area contributed by atoms with Gasteiger partial charge < -0.3 is 5.32 Å². The Labute approximate surface area is 143 Å². The van der Waals surface area contributed by atoms with E-state index in [-0.39, 0.29) is 11.7 Å². The van der Waals surface area contributed by atoms with Crippen LogP contribution in [-0.4, -0.2) is 27.2 Å². The smallest absolute Gasteiger partial charge is 0.271 e. The van der Waals surface area contributed by atoms with Crippen LogP contribution in [0.3, 0.4) is 0 Å². The molecule has 0 saturated carbocycles. The van der Waals surface area contributed by atoms with Crippen molar-refractivity contribution in [3.05, 3.63) is 57.9 Å². The second kappa shape index (κ2) is 6.92. The molecule has 5 nitrogen and oxygen atoms in total. The largest absolute Gasteiger partial charge is 0.350 e. The maximum absolute atomic E-state index is 13.4. The summed E-state index contributed by atoms with van der Waals surface area (Å²) in [5, 5.41) is 9.05. The van der Waals surface area contributed by atoms with Crippen LogP contribution in [0.15, 0.2) is 35.2 Å². The summed E-state index contributed by atoms with van der Waals surface area (Å²) in [5.41, 5.74) is 5.22. The first-order chi connectivity index (χ1) is 11.5. The fourth-order valence-electron chi connectivity index (χ4n) is 2.41. The molecule has 1 amide bonds. The van der Waals surface area contributed by atoms with Gasteiger partial charge in [-0.05, 0) is 36.8 Å². The van der Waals surface area contributed by atoms with E-state index in [4.69, 9.17) is 0 Å². The number of amides is 1. The number of carbonyl (C=O) groups excluding carboxylic acids is 1. The summed E-state index contributed by atoms with van der Waals surface area (Å²) in [6, 6.07) is 6.57. The maximum Gasteiger partial charge on any atom is 0.271 e. The molecule has 0 unspecified atom stereocenters. The number of aromatic nitrogens is 3. The van der Waals surface area contributed by atoms with Crippen molar-refractivity contribution in [2.45, 2.75) is 13.3 Å². The molecule has 0 radical (unpaired) electrons. The third-order valence-electron chi connectivity index (χ3n) is 3.72. The van der Waals surface area contributed by atoms with Gasteiger partial charge in [-0.3, -0.25) is 9.48 Å². The van der Waals surface area contributed by atoms with Gasteiger partial charge >= 0.3 is 0 Å². The van der Waals surface area contributed by atoms with E-state index in [9.17, 15) is 9.18 Å². The van der Waals surface area contributed by atoms with E-state index in [0.29, 0.717) is 24.2 Å². The molecule has 0 bridgehead atoms. The van der Waals surface area contributed by atoms with Gasteiger partial charge in [0.05, 0.1) is 16.9 Å². The number of hydrogen-bond acceptors (Lipinski definition) is 4. The predicted molar refractivity (Wildman–Crippen MR) is 91.5 cm³/mol. The van der Waals surface area contributed by atoms with Gasteiger partial charge in [0.1, 0.15) is 5.82 Å². The molecule has 7 heteroatoms. The first kappa shape index (κ1) is 16.3. The van der Waals surface area contributed by atoms with Crippen LogP contribution in [0.25, 0.3) is 11.3 Å². The number of rotatable bonds is 5. The topological polar surface area (TPSA) is 59.8 Å². The third-order valence-corrected chi connectivity index (χ3v) is 4.35. The van der Waals surface area contributed by atoms with E-state index in [0.717, 1.165) is 17.0 Å². The summed E-state index contributed by atoms with van der Waals surface area (Å²) < 4.78 is 15.0. The van der Waals surface area contributed by atoms with Crippen molar-refractivity contribution in [1.82, 2.24) is 20.1 Å². The van der Waals surface area contributed by atoms with Gasteiger partial charge in [0.2, 0.25) is 0 Å². The number of carbonyl (C=O) groups is 1. The van der Waals surface area contributed by atoms with Crippen LogP contribution in [0.4, 0.5) is 4.39 Å². The Morgan fingerprint density at radius 1 is 1.38 bits per heavy atom. The summed E-state index contributed by atoms with van der Waals surface area (Å²) in [5.74, 6) is -0.480. The van der Waals surface area contributed by atoms with Gasteiger partial charge in [-0.2, -0.15) is 5.10 Å². The molecular formula is C17H17FN4OS. The third kappa shape index (κ3) is 3.51. The second-order valence-electron chi connectivity index (χ2n) is 5.49. The van der Waals surface area contributed by atoms with Gasteiger partial charge in [-0.1, -0.05) is 0 Å². The highest BCUT2D eigenvalue weighted by molar-refractivity contribution is 7.07. The Bertz CT molecular complexity index is 858. The normalized spacial score (nSPS) is 10.8. The van der Waals surface area contributed by atoms with Gasteiger partial charge in [-0.25, -0.2) is 9.37 Å². The Balaban J connectivity index is 1.70. The lowest BCUT2D eigenvalue weighted by Gasteiger charge is -2.03. The van der Waals surface area contributed by atoms with E-state index >= 15 is 0 Å². The molecule has 0 spiro atoms. The molecule has 24 heavy (non-hydrogen) atoms. The Morgan fingerprint density at radius 2 is 2.21 bits per heavy atom. The fourth-order valence-corrected chi connectivity index (χ4v) is 3.00. The van der Waals surface area contributed by atoms with Crippen LogP contribution in [0.2, 0.25) is 0 Å². The summed E-state index contributed by atoms with van der Waals surface area (Å²) >= 11 is 1.53. The van der Waals surface area contributed by atoms with Crippen molar-refractivity contribution in [3.63, 3.8) is 0 Å². The number of nitrogens with one attached hydrogen (secondary N) is 1. The summed E-state index contributed by atoms with van der Waals surface area (Å²) in [7, 11) is 1.76. The van der Waals surface area contributed by atoms with Crippen LogP contribution < -0.4 is 5.32 Å². The number of aryl methyl sites for hydroxylation is 2. The minimum atomic E-state index is -0.249. The van der Waals surface area contributed by atoms with E-state index in [1.165, 1.54) is 17.4 Å². The van der Waals surface area contributed by atoms with Crippen LogP contribution in [-0.2, 0) is 13.5 Å². The molecule has 0 aliphatic rings. The molecule has 0 saturated heterocycles. The summed E-state index contributed by atoms with van der Waals surface area (Å²) in [6.45, 7) is 2.21. The van der Waals surface area contributed by atoms with E-state index in [1.807, 2.05) is 5.38 Å². The molecule has 2 heterocycles. The fraction of sp³-hybridized carbons (Fsp3) is 0.235. The number of hydrogen-bond donors (Lipinski definition) is 1. The van der Waals surface area contributed by atoms with E-state index < -0.39 is 0 Å². The average molecular weight is 344 g/mol. The molecule has 0 atom stereocenters. The zero-order valence-electron chi connectivity index (χ0n) is 13.4. The highest BCUT2D eigenvalue weighted by Crippen LogP contribution is 2.22. The SMILES string of the molecule is Cc1cc(-c2cc(C(=O)NCCc3cscn3)nn2C)ccc1F. The lowest BCUT2D eigenvalue weighted by atomic mass is 10.1. The Kier molecular flexibility index (Phi) is 4.71. The number of benzene rings is 1. The standard InChI is InChI=1S/C17H17FN4OS/c1-11-7-12(3-4-14(11)18)16-8-15(21-22(16)2)17(23)19-6-5-13-9-24-10-20-13/h3-4,7-10H,5-6H2,1-2H3,(H,19,23). The molecule has 0 aliphatic carbocycles. The highest BCUT2D eigenvalue weighted by Gasteiger charge is 2.14. The lowest BCUT2D eigenvalue weighted by Crippen LogP contribution is -2.26. The van der Waals surface area contributed by atoms with E-state index in [2.05, 4.69) is 15.4 Å². The minimum Gasteiger partial charge on any atom is -0.350 e. The first-order valence-corrected chi connectivity index (χ1v) is 8.44. The van der Waals surface area contributed by atoms with Crippen LogP contribution in [0, 0.1) is 12.7 Å². The monoisotopic (exact) mass is 344 g/mol. The summed E-state index contributed by atoms with van der Waals surface area (Å²) in [6.07, 6.45) is 0.687. The van der Waals surface area contributed by atoms with Crippen LogP contribution in [0.5, 0.6) is 0 Å². The van der Waals surface area contributed by atoms with Gasteiger partial charge in [-0.15, -0.1) is 11.3 Å². The quantitative estimate of drug-likeness (QED) is 0.774. The molecule has 3 aromatic rings. The summed E-state index contributed by atoms with van der Waals surface area (Å²) in [4.78, 5) is 16.4. The zero-order chi connectivity index (χ0) is 17.1. The molecule has 2 aromatic heterocycles. The minimum absolute atomic E-state index is 0.231. The van der Waals surface area contributed by atoms with E-state index in [1.54, 1.807) is 42.4 Å². The maximum atomic E-state index is 13.4. The first-order valence-electron chi connectivity index (χ1n) is 7.50. The predicted octanol–water partition coefficient (Wildman–Crippen LogP) is 2.96. The molecule has 124 valence electrons. The molecule has 0 aliphatic heterocycles. The van der Waals surface area contributed by atoms with Crippen molar-refractivity contribution in [1.29, 1.82) is 0 Å². The van der Waals surface area contributed by atoms with Crippen LogP contribution in [0.1, 0.15) is 21.7 Å². The molecule has 1 aromatic carbocycles. The van der Waals surface area contributed by atoms with Crippen molar-refractivity contribution in [2.24, 2.45) is 7.05 Å². The van der Waals surface area contributed by atoms with Crippen molar-refractivity contribution >= 4 is 17.2 Å². The number of halogens is 1. The number of thiazole rings is 1. The molecule has 3 rings (SSSR count). The highest BCUT2D eigenvalue weighted by atomic mass is 32.1. The van der Waals surface area contributed by atoms with Gasteiger partial charge in [0.15, 0.2) is 5.69 Å². The van der Waals surface area contributed by atoms with Gasteiger partial charge in [0.25, 0.3) is 5.91 Å².